The molecule has 1 aliphatic rings. The fraction of sp³-hybridized carbons (Fsp3) is 1.00. The molecule has 0 unspecified atom stereocenters. The zero-order valence-corrected chi connectivity index (χ0v) is 13.6. The van der Waals surface area contributed by atoms with Gasteiger partial charge < -0.3 is 10.2 Å². The Bertz CT molecular complexity index is 197. The van der Waals surface area contributed by atoms with Crippen molar-refractivity contribution in [3.8, 4) is 0 Å². The predicted octanol–water partition coefficient (Wildman–Crippen LogP) is 4.06. The van der Waals surface area contributed by atoms with Crippen LogP contribution in [0.25, 0.3) is 0 Å². The first-order chi connectivity index (χ1) is 9.24. The van der Waals surface area contributed by atoms with Crippen LogP contribution in [-0.4, -0.2) is 37.1 Å². The number of hydrogen-bond donors (Lipinski definition) is 1. The van der Waals surface area contributed by atoms with Crippen LogP contribution in [0.15, 0.2) is 0 Å². The molecule has 2 nitrogen and oxygen atoms in total. The maximum Gasteiger partial charge on any atom is 0.00951 e. The molecule has 0 bridgehead atoms. The average molecular weight is 268 g/mol. The summed E-state index contributed by atoms with van der Waals surface area (Å²) in [4.78, 5) is 2.73. The van der Waals surface area contributed by atoms with E-state index in [9.17, 15) is 0 Å². The quantitative estimate of drug-likeness (QED) is 0.569. The molecule has 1 saturated carbocycles. The van der Waals surface area contributed by atoms with E-state index < -0.39 is 0 Å². The largest absolute Gasteiger partial charge is 0.316 e. The highest BCUT2D eigenvalue weighted by Gasteiger charge is 2.20. The van der Waals surface area contributed by atoms with Crippen LogP contribution < -0.4 is 5.32 Å². The molecule has 0 aromatic carbocycles. The minimum Gasteiger partial charge on any atom is -0.316 e. The van der Waals surface area contributed by atoms with Gasteiger partial charge in [0, 0.05) is 6.04 Å². The zero-order chi connectivity index (χ0) is 13.9. The molecule has 1 aliphatic carbocycles. The fourth-order valence-corrected chi connectivity index (χ4v) is 3.18. The molecule has 0 saturated heterocycles. The summed E-state index contributed by atoms with van der Waals surface area (Å²) in [5.41, 5.74) is 0. The van der Waals surface area contributed by atoms with Gasteiger partial charge in [-0.3, -0.25) is 0 Å². The molecule has 0 amide bonds. The van der Waals surface area contributed by atoms with Crippen molar-refractivity contribution < 1.29 is 0 Å². The summed E-state index contributed by atoms with van der Waals surface area (Å²) >= 11 is 0. The Morgan fingerprint density at radius 3 is 2.37 bits per heavy atom. The second-order valence-electron chi connectivity index (χ2n) is 6.58. The van der Waals surface area contributed by atoms with E-state index in [0.29, 0.717) is 0 Å². The summed E-state index contributed by atoms with van der Waals surface area (Å²) in [5.74, 6) is 0.782. The van der Waals surface area contributed by atoms with Crippen LogP contribution in [0.4, 0.5) is 0 Å². The third kappa shape index (κ3) is 7.94. The molecule has 0 aromatic rings. The molecule has 1 fully saturated rings. The molecule has 0 spiro atoms. The molecule has 0 aliphatic heterocycles. The van der Waals surface area contributed by atoms with Crippen LogP contribution in [-0.2, 0) is 0 Å². The van der Waals surface area contributed by atoms with E-state index in [1.165, 1.54) is 77.5 Å². The summed E-state index contributed by atoms with van der Waals surface area (Å²) < 4.78 is 0. The van der Waals surface area contributed by atoms with Gasteiger partial charge in [-0.1, -0.05) is 46.5 Å². The van der Waals surface area contributed by atoms with Crippen molar-refractivity contribution in [2.24, 2.45) is 5.92 Å². The zero-order valence-electron chi connectivity index (χ0n) is 13.6. The third-order valence-electron chi connectivity index (χ3n) is 4.35. The summed E-state index contributed by atoms with van der Waals surface area (Å²) in [6, 6.07) is 0.915. The van der Waals surface area contributed by atoms with Crippen molar-refractivity contribution in [1.82, 2.24) is 10.2 Å². The second kappa shape index (κ2) is 10.7. The van der Waals surface area contributed by atoms with Crippen molar-refractivity contribution in [1.29, 1.82) is 0 Å². The van der Waals surface area contributed by atoms with Gasteiger partial charge in [-0.2, -0.15) is 0 Å². The number of nitrogens with one attached hydrogen (secondary N) is 1. The molecule has 2 heteroatoms. The monoisotopic (exact) mass is 268 g/mol. The molecule has 1 rings (SSSR count). The Hall–Kier alpha value is -0.0800. The van der Waals surface area contributed by atoms with E-state index in [4.69, 9.17) is 0 Å². The van der Waals surface area contributed by atoms with Crippen molar-refractivity contribution in [3.63, 3.8) is 0 Å². The van der Waals surface area contributed by atoms with Gasteiger partial charge in [0.1, 0.15) is 0 Å². The molecule has 0 radical (unpaired) electrons. The second-order valence-corrected chi connectivity index (χ2v) is 6.58. The lowest BCUT2D eigenvalue weighted by Crippen LogP contribution is -2.33. The van der Waals surface area contributed by atoms with Crippen LogP contribution in [0.3, 0.4) is 0 Å². The molecular formula is C17H36N2. The van der Waals surface area contributed by atoms with Crippen molar-refractivity contribution in [3.05, 3.63) is 0 Å². The summed E-state index contributed by atoms with van der Waals surface area (Å²) in [6.07, 6.45) is 11.4. The minimum absolute atomic E-state index is 0.782. The van der Waals surface area contributed by atoms with Crippen LogP contribution in [0.5, 0.6) is 0 Å². The summed E-state index contributed by atoms with van der Waals surface area (Å²) in [7, 11) is 0. The Labute approximate surface area is 121 Å². The van der Waals surface area contributed by atoms with Crippen molar-refractivity contribution >= 4 is 0 Å². The Balaban J connectivity index is 1.91. The topological polar surface area (TPSA) is 15.3 Å². The number of nitrogens with zero attached hydrogens (tertiary/aromatic N) is 1. The minimum atomic E-state index is 0.782. The number of rotatable bonds is 11. The van der Waals surface area contributed by atoms with Crippen LogP contribution >= 0.6 is 0 Å². The van der Waals surface area contributed by atoms with Crippen molar-refractivity contribution in [2.45, 2.75) is 78.2 Å². The van der Waals surface area contributed by atoms with Gasteiger partial charge in [0.05, 0.1) is 0 Å². The molecular weight excluding hydrogens is 232 g/mol. The van der Waals surface area contributed by atoms with Gasteiger partial charge in [0.2, 0.25) is 0 Å². The molecule has 0 atom stereocenters. The lowest BCUT2D eigenvalue weighted by molar-refractivity contribution is 0.204. The van der Waals surface area contributed by atoms with Gasteiger partial charge >= 0.3 is 0 Å². The fourth-order valence-electron chi connectivity index (χ4n) is 3.18. The van der Waals surface area contributed by atoms with Gasteiger partial charge in [-0.15, -0.1) is 0 Å². The number of hydrogen-bond acceptors (Lipinski definition) is 2. The normalized spacial score (nSPS) is 16.9. The summed E-state index contributed by atoms with van der Waals surface area (Å²) in [6.45, 7) is 11.8. The maximum absolute atomic E-state index is 3.53. The Morgan fingerprint density at radius 2 is 1.74 bits per heavy atom. The first-order valence-corrected chi connectivity index (χ1v) is 8.68. The van der Waals surface area contributed by atoms with Gasteiger partial charge in [-0.05, 0) is 57.8 Å². The molecule has 0 heterocycles. The lowest BCUT2D eigenvalue weighted by atomic mass is 10.1. The standard InChI is InChI=1S/C17H36N2/c1-4-19(17-11-7-8-12-17)14-10-6-5-9-13-18-15-16(2)3/h16-18H,4-15H2,1-3H3. The van der Waals surface area contributed by atoms with Crippen molar-refractivity contribution in [2.75, 3.05) is 26.2 Å². The molecule has 0 aromatic heterocycles. The lowest BCUT2D eigenvalue weighted by Gasteiger charge is -2.27. The van der Waals surface area contributed by atoms with Crippen LogP contribution in [0, 0.1) is 5.92 Å². The van der Waals surface area contributed by atoms with Crippen LogP contribution in [0.2, 0.25) is 0 Å². The van der Waals surface area contributed by atoms with E-state index in [2.05, 4.69) is 31.0 Å². The smallest absolute Gasteiger partial charge is 0.00951 e. The van der Waals surface area contributed by atoms with Gasteiger partial charge in [0.15, 0.2) is 0 Å². The summed E-state index contributed by atoms with van der Waals surface area (Å²) in [5, 5.41) is 3.53. The van der Waals surface area contributed by atoms with E-state index >= 15 is 0 Å². The van der Waals surface area contributed by atoms with E-state index in [1.807, 2.05) is 0 Å². The maximum atomic E-state index is 3.53. The first kappa shape index (κ1) is 17.0. The molecule has 19 heavy (non-hydrogen) atoms. The highest BCUT2D eigenvalue weighted by molar-refractivity contribution is 4.76. The van der Waals surface area contributed by atoms with Crippen LogP contribution in [0.1, 0.15) is 72.1 Å². The predicted molar refractivity (Wildman–Crippen MR) is 85.7 cm³/mol. The number of unbranched alkanes of at least 4 members (excludes halogenated alkanes) is 3. The Kier molecular flexibility index (Phi) is 9.54. The molecule has 1 N–H and O–H groups in total. The first-order valence-electron chi connectivity index (χ1n) is 8.68. The SMILES string of the molecule is CCN(CCCCCCNCC(C)C)C1CCCC1. The highest BCUT2D eigenvalue weighted by atomic mass is 15.1. The average Bonchev–Trinajstić information content (AvgIpc) is 2.90. The van der Waals surface area contributed by atoms with Gasteiger partial charge in [-0.25, -0.2) is 0 Å². The molecule has 114 valence electrons. The van der Waals surface area contributed by atoms with E-state index in [-0.39, 0.29) is 0 Å². The van der Waals surface area contributed by atoms with Gasteiger partial charge in [0.25, 0.3) is 0 Å². The third-order valence-corrected chi connectivity index (χ3v) is 4.35. The van der Waals surface area contributed by atoms with E-state index in [0.717, 1.165) is 12.0 Å². The Morgan fingerprint density at radius 1 is 1.05 bits per heavy atom. The van der Waals surface area contributed by atoms with E-state index in [1.54, 1.807) is 0 Å². The highest BCUT2D eigenvalue weighted by Crippen LogP contribution is 2.23.